The number of halogens is 2. The summed E-state index contributed by atoms with van der Waals surface area (Å²) in [6.45, 7) is 3.28. The van der Waals surface area contributed by atoms with Crippen molar-refractivity contribution in [2.75, 3.05) is 13.1 Å². The summed E-state index contributed by atoms with van der Waals surface area (Å²) in [5, 5.41) is 1.65. The van der Waals surface area contributed by atoms with Gasteiger partial charge in [-0.2, -0.15) is 0 Å². The number of Topliss-reactive ketones (excluding diaryl/α,β-unsaturated/α-hetero) is 1. The van der Waals surface area contributed by atoms with Crippen LogP contribution in [0.15, 0.2) is 54.7 Å². The Morgan fingerprint density at radius 2 is 1.83 bits per heavy atom. The first-order chi connectivity index (χ1) is 13.6. The van der Waals surface area contributed by atoms with Gasteiger partial charge in [0.2, 0.25) is 0 Å². The molecule has 154 valence electrons. The fourth-order valence-electron chi connectivity index (χ4n) is 4.33. The van der Waals surface area contributed by atoms with E-state index >= 15 is 0 Å². The van der Waals surface area contributed by atoms with Crippen molar-refractivity contribution in [3.8, 4) is 0 Å². The van der Waals surface area contributed by atoms with E-state index in [0.717, 1.165) is 42.5 Å². The largest absolute Gasteiger partial charge is 0.350 e. The van der Waals surface area contributed by atoms with E-state index in [1.54, 1.807) is 0 Å². The van der Waals surface area contributed by atoms with Crippen LogP contribution in [0.2, 0.25) is 5.02 Å². The summed E-state index contributed by atoms with van der Waals surface area (Å²) in [4.78, 5) is 15.4. The molecule has 0 spiro atoms. The normalized spacial score (nSPS) is 15.4. The number of aryl methyl sites for hydroxylation is 1. The number of likely N-dealkylation sites (tertiary alicyclic amines) is 1. The Labute approximate surface area is 184 Å². The summed E-state index contributed by atoms with van der Waals surface area (Å²) < 4.78 is 2.01. The molecule has 0 saturated carbocycles. The van der Waals surface area contributed by atoms with Gasteiger partial charge in [-0.1, -0.05) is 41.9 Å². The maximum atomic E-state index is 12.9. The van der Waals surface area contributed by atoms with Crippen LogP contribution in [0.3, 0.4) is 0 Å². The van der Waals surface area contributed by atoms with Gasteiger partial charge in [0.25, 0.3) is 0 Å². The van der Waals surface area contributed by atoms with Crippen LogP contribution >= 0.6 is 24.0 Å². The molecule has 2 heterocycles. The van der Waals surface area contributed by atoms with Gasteiger partial charge in [-0.3, -0.25) is 9.69 Å². The van der Waals surface area contributed by atoms with E-state index in [-0.39, 0.29) is 18.2 Å². The standard InChI is InChI=1S/C24H27ClN2O.ClH/c1-26-17-22(21-15-20(25)8-9-23(21)26)24(28)10-7-18-11-13-27(14-12-18)16-19-5-3-2-4-6-19;/h2-6,8-9,15,17-18H,7,10-14,16H2,1H3;1H. The van der Waals surface area contributed by atoms with Gasteiger partial charge in [-0.05, 0) is 62.0 Å². The highest BCUT2D eigenvalue weighted by atomic mass is 35.5. The molecule has 0 unspecified atom stereocenters. The van der Waals surface area contributed by atoms with Gasteiger partial charge in [0.05, 0.1) is 0 Å². The van der Waals surface area contributed by atoms with Crippen molar-refractivity contribution < 1.29 is 4.79 Å². The van der Waals surface area contributed by atoms with Crippen LogP contribution in [-0.4, -0.2) is 28.3 Å². The Balaban J connectivity index is 0.00000240. The zero-order valence-electron chi connectivity index (χ0n) is 16.8. The number of piperidine rings is 1. The molecular weight excluding hydrogens is 403 g/mol. The lowest BCUT2D eigenvalue weighted by Crippen LogP contribution is -2.33. The van der Waals surface area contributed by atoms with Crippen molar-refractivity contribution in [2.24, 2.45) is 13.0 Å². The number of ketones is 1. The lowest BCUT2D eigenvalue weighted by Gasteiger charge is -2.31. The minimum Gasteiger partial charge on any atom is -0.350 e. The van der Waals surface area contributed by atoms with E-state index in [1.165, 1.54) is 18.4 Å². The monoisotopic (exact) mass is 430 g/mol. The predicted molar refractivity (Wildman–Crippen MR) is 123 cm³/mol. The van der Waals surface area contributed by atoms with E-state index in [4.69, 9.17) is 11.6 Å². The molecule has 1 fully saturated rings. The minimum absolute atomic E-state index is 0. The molecule has 0 radical (unpaired) electrons. The molecule has 4 rings (SSSR count). The Kier molecular flexibility index (Phi) is 7.39. The van der Waals surface area contributed by atoms with Gasteiger partial charge in [0.1, 0.15) is 0 Å². The van der Waals surface area contributed by atoms with Gasteiger partial charge in [-0.25, -0.2) is 0 Å². The summed E-state index contributed by atoms with van der Waals surface area (Å²) in [5.74, 6) is 0.883. The zero-order valence-corrected chi connectivity index (χ0v) is 18.4. The van der Waals surface area contributed by atoms with E-state index in [0.29, 0.717) is 17.4 Å². The number of fused-ring (bicyclic) bond motifs is 1. The fourth-order valence-corrected chi connectivity index (χ4v) is 4.50. The van der Waals surface area contributed by atoms with Crippen molar-refractivity contribution >= 4 is 40.7 Å². The number of hydrogen-bond donors (Lipinski definition) is 0. The van der Waals surface area contributed by atoms with E-state index in [9.17, 15) is 4.79 Å². The van der Waals surface area contributed by atoms with Crippen LogP contribution in [0.1, 0.15) is 41.6 Å². The van der Waals surface area contributed by atoms with Gasteiger partial charge >= 0.3 is 0 Å². The van der Waals surface area contributed by atoms with Crippen LogP contribution in [0.4, 0.5) is 0 Å². The van der Waals surface area contributed by atoms with E-state index < -0.39 is 0 Å². The summed E-state index contributed by atoms with van der Waals surface area (Å²) in [5.41, 5.74) is 3.24. The summed E-state index contributed by atoms with van der Waals surface area (Å²) in [6, 6.07) is 16.4. The minimum atomic E-state index is 0. The number of carbonyl (C=O) groups is 1. The molecule has 3 aromatic rings. The Bertz CT molecular complexity index is 960. The molecule has 5 heteroatoms. The van der Waals surface area contributed by atoms with Crippen LogP contribution in [0.25, 0.3) is 10.9 Å². The molecule has 0 amide bonds. The molecule has 0 aliphatic carbocycles. The first-order valence-electron chi connectivity index (χ1n) is 10.1. The molecule has 0 N–H and O–H groups in total. The lowest BCUT2D eigenvalue weighted by molar-refractivity contribution is 0.0963. The second kappa shape index (κ2) is 9.80. The van der Waals surface area contributed by atoms with Crippen LogP contribution in [0, 0.1) is 5.92 Å². The predicted octanol–water partition coefficient (Wildman–Crippen LogP) is 6.13. The van der Waals surface area contributed by atoms with Crippen LogP contribution in [-0.2, 0) is 13.6 Å². The molecule has 2 aromatic carbocycles. The Hall–Kier alpha value is -1.81. The molecule has 1 aliphatic rings. The molecular formula is C24H28Cl2N2O. The molecule has 0 atom stereocenters. The molecule has 1 aromatic heterocycles. The van der Waals surface area contributed by atoms with Crippen LogP contribution < -0.4 is 0 Å². The highest BCUT2D eigenvalue weighted by Gasteiger charge is 2.21. The SMILES string of the molecule is Cl.Cn1cc(C(=O)CCC2CCN(Cc3ccccc3)CC2)c2cc(Cl)ccc21. The van der Waals surface area contributed by atoms with Gasteiger partial charge < -0.3 is 4.57 Å². The van der Waals surface area contributed by atoms with Crippen molar-refractivity contribution in [2.45, 2.75) is 32.2 Å². The van der Waals surface area contributed by atoms with E-state index in [1.807, 2.05) is 36.0 Å². The Morgan fingerprint density at radius 1 is 1.10 bits per heavy atom. The maximum Gasteiger partial charge on any atom is 0.165 e. The zero-order chi connectivity index (χ0) is 19.5. The average Bonchev–Trinajstić information content (AvgIpc) is 3.04. The number of hydrogen-bond acceptors (Lipinski definition) is 2. The van der Waals surface area contributed by atoms with Gasteiger partial charge in [-0.15, -0.1) is 12.4 Å². The summed E-state index contributed by atoms with van der Waals surface area (Å²) in [7, 11) is 1.98. The van der Waals surface area contributed by atoms with Crippen molar-refractivity contribution in [3.63, 3.8) is 0 Å². The maximum absolute atomic E-state index is 12.9. The highest BCUT2D eigenvalue weighted by Crippen LogP contribution is 2.28. The van der Waals surface area contributed by atoms with Crippen LogP contribution in [0.5, 0.6) is 0 Å². The number of nitrogens with zero attached hydrogens (tertiary/aromatic N) is 2. The molecule has 1 saturated heterocycles. The Morgan fingerprint density at radius 3 is 2.55 bits per heavy atom. The third kappa shape index (κ3) is 5.22. The molecule has 0 bridgehead atoms. The smallest absolute Gasteiger partial charge is 0.165 e. The second-order valence-electron chi connectivity index (χ2n) is 7.98. The first kappa shape index (κ1) is 21.9. The number of aromatic nitrogens is 1. The highest BCUT2D eigenvalue weighted by molar-refractivity contribution is 6.31. The second-order valence-corrected chi connectivity index (χ2v) is 8.42. The lowest BCUT2D eigenvalue weighted by atomic mass is 9.90. The summed E-state index contributed by atoms with van der Waals surface area (Å²) in [6.07, 6.45) is 5.92. The van der Waals surface area contributed by atoms with Gasteiger partial charge in [0.15, 0.2) is 5.78 Å². The number of carbonyl (C=O) groups excluding carboxylic acids is 1. The topological polar surface area (TPSA) is 25.2 Å². The number of rotatable bonds is 6. The first-order valence-corrected chi connectivity index (χ1v) is 10.5. The summed E-state index contributed by atoms with van der Waals surface area (Å²) >= 11 is 6.15. The van der Waals surface area contributed by atoms with Crippen molar-refractivity contribution in [1.82, 2.24) is 9.47 Å². The van der Waals surface area contributed by atoms with Crippen molar-refractivity contribution in [3.05, 3.63) is 70.9 Å². The fraction of sp³-hybridized carbons (Fsp3) is 0.375. The third-order valence-electron chi connectivity index (χ3n) is 5.99. The molecule has 3 nitrogen and oxygen atoms in total. The quantitative estimate of drug-likeness (QED) is 0.439. The third-order valence-corrected chi connectivity index (χ3v) is 6.22. The average molecular weight is 431 g/mol. The molecule has 29 heavy (non-hydrogen) atoms. The number of benzene rings is 2. The van der Waals surface area contributed by atoms with Crippen molar-refractivity contribution in [1.29, 1.82) is 0 Å². The van der Waals surface area contributed by atoms with Gasteiger partial charge in [0, 0.05) is 47.7 Å². The van der Waals surface area contributed by atoms with E-state index in [2.05, 4.69) is 35.2 Å². The molecule has 1 aliphatic heterocycles.